The number of aliphatic carboxylic acids is 1. The van der Waals surface area contributed by atoms with Crippen LogP contribution in [0.15, 0.2) is 0 Å². The summed E-state index contributed by atoms with van der Waals surface area (Å²) in [5.41, 5.74) is -0.609. The zero-order chi connectivity index (χ0) is 13.9. The summed E-state index contributed by atoms with van der Waals surface area (Å²) in [4.78, 5) is 13.8. The Balaban J connectivity index is 1.81. The maximum absolute atomic E-state index is 11.4. The Bertz CT molecular complexity index is 311. The molecule has 4 nitrogen and oxygen atoms in total. The van der Waals surface area contributed by atoms with E-state index in [1.54, 1.807) is 0 Å². The number of carboxylic acid groups (broad SMARTS) is 1. The van der Waals surface area contributed by atoms with Crippen LogP contribution in [0.1, 0.15) is 46.0 Å². The van der Waals surface area contributed by atoms with Crippen molar-refractivity contribution in [2.45, 2.75) is 52.1 Å². The smallest absolute Gasteiger partial charge is 0.309 e. The first-order valence-electron chi connectivity index (χ1n) is 7.57. The van der Waals surface area contributed by atoms with Crippen LogP contribution in [-0.2, 0) is 9.53 Å². The van der Waals surface area contributed by atoms with Crippen molar-refractivity contribution in [1.29, 1.82) is 0 Å². The van der Waals surface area contributed by atoms with E-state index in [-0.39, 0.29) is 5.92 Å². The minimum Gasteiger partial charge on any atom is -0.481 e. The minimum atomic E-state index is -0.668. The third kappa shape index (κ3) is 3.69. The van der Waals surface area contributed by atoms with Gasteiger partial charge in [-0.2, -0.15) is 0 Å². The molecule has 2 aliphatic heterocycles. The van der Waals surface area contributed by atoms with Crippen LogP contribution in [0.2, 0.25) is 0 Å². The quantitative estimate of drug-likeness (QED) is 0.832. The van der Waals surface area contributed by atoms with Crippen molar-refractivity contribution in [1.82, 2.24) is 4.90 Å². The molecule has 0 spiro atoms. The number of hydrogen-bond acceptors (Lipinski definition) is 3. The Morgan fingerprint density at radius 3 is 2.79 bits per heavy atom. The highest BCUT2D eigenvalue weighted by molar-refractivity contribution is 5.74. The SMILES string of the molecule is CC(C)(C(=O)O)C1CCCN(CCC2CCCO2)C1. The molecule has 0 bridgehead atoms. The van der Waals surface area contributed by atoms with Gasteiger partial charge in [0.15, 0.2) is 0 Å². The maximum atomic E-state index is 11.4. The summed E-state index contributed by atoms with van der Waals surface area (Å²) in [5.74, 6) is -0.401. The van der Waals surface area contributed by atoms with E-state index in [1.807, 2.05) is 13.8 Å². The molecule has 2 saturated heterocycles. The Morgan fingerprint density at radius 2 is 2.16 bits per heavy atom. The van der Waals surface area contributed by atoms with E-state index < -0.39 is 11.4 Å². The molecule has 0 aliphatic carbocycles. The fourth-order valence-corrected chi connectivity index (χ4v) is 3.22. The summed E-state index contributed by atoms with van der Waals surface area (Å²) in [5, 5.41) is 9.34. The molecule has 1 N–H and O–H groups in total. The number of carboxylic acids is 1. The molecule has 2 unspecified atom stereocenters. The van der Waals surface area contributed by atoms with Crippen LogP contribution in [-0.4, -0.2) is 48.3 Å². The van der Waals surface area contributed by atoms with Crippen molar-refractivity contribution in [3.8, 4) is 0 Å². The average molecular weight is 269 g/mol. The predicted molar refractivity (Wildman–Crippen MR) is 74.2 cm³/mol. The molecular formula is C15H27NO3. The summed E-state index contributed by atoms with van der Waals surface area (Å²) in [6.45, 7) is 7.73. The van der Waals surface area contributed by atoms with E-state index in [9.17, 15) is 9.90 Å². The normalized spacial score (nSPS) is 29.6. The molecule has 0 amide bonds. The van der Waals surface area contributed by atoms with E-state index >= 15 is 0 Å². The lowest BCUT2D eigenvalue weighted by Crippen LogP contribution is -2.45. The molecule has 2 rings (SSSR count). The van der Waals surface area contributed by atoms with Crippen molar-refractivity contribution in [2.75, 3.05) is 26.2 Å². The summed E-state index contributed by atoms with van der Waals surface area (Å²) < 4.78 is 5.66. The van der Waals surface area contributed by atoms with Crippen LogP contribution in [0, 0.1) is 11.3 Å². The number of piperidine rings is 1. The lowest BCUT2D eigenvalue weighted by molar-refractivity contribution is -0.151. The number of likely N-dealkylation sites (tertiary alicyclic amines) is 1. The van der Waals surface area contributed by atoms with Gasteiger partial charge in [-0.05, 0) is 58.4 Å². The molecule has 2 fully saturated rings. The number of carbonyl (C=O) groups is 1. The number of ether oxygens (including phenoxy) is 1. The van der Waals surface area contributed by atoms with Crippen molar-refractivity contribution < 1.29 is 14.6 Å². The second kappa shape index (κ2) is 6.23. The molecule has 0 aromatic carbocycles. The van der Waals surface area contributed by atoms with Gasteiger partial charge in [0.1, 0.15) is 0 Å². The van der Waals surface area contributed by atoms with Crippen molar-refractivity contribution in [2.24, 2.45) is 11.3 Å². The first-order valence-corrected chi connectivity index (χ1v) is 7.57. The van der Waals surface area contributed by atoms with Crippen molar-refractivity contribution in [3.63, 3.8) is 0 Å². The van der Waals surface area contributed by atoms with Gasteiger partial charge in [-0.25, -0.2) is 0 Å². The Kier molecular flexibility index (Phi) is 4.85. The summed E-state index contributed by atoms with van der Waals surface area (Å²) >= 11 is 0. The monoisotopic (exact) mass is 269 g/mol. The van der Waals surface area contributed by atoms with E-state index in [4.69, 9.17) is 4.74 Å². The van der Waals surface area contributed by atoms with E-state index in [0.29, 0.717) is 6.10 Å². The molecule has 4 heteroatoms. The Hall–Kier alpha value is -0.610. The molecule has 0 aromatic heterocycles. The van der Waals surface area contributed by atoms with Gasteiger partial charge in [-0.3, -0.25) is 4.79 Å². The molecule has 19 heavy (non-hydrogen) atoms. The minimum absolute atomic E-state index is 0.267. The van der Waals surface area contributed by atoms with Gasteiger partial charge >= 0.3 is 5.97 Å². The van der Waals surface area contributed by atoms with Gasteiger partial charge in [0.25, 0.3) is 0 Å². The predicted octanol–water partition coefficient (Wildman–Crippen LogP) is 2.38. The zero-order valence-electron chi connectivity index (χ0n) is 12.2. The fourth-order valence-electron chi connectivity index (χ4n) is 3.22. The van der Waals surface area contributed by atoms with Crippen LogP contribution in [0.3, 0.4) is 0 Å². The third-order valence-corrected chi connectivity index (χ3v) is 4.87. The number of rotatable bonds is 5. The molecule has 2 atom stereocenters. The molecule has 0 aromatic rings. The highest BCUT2D eigenvalue weighted by Crippen LogP contribution is 2.34. The summed E-state index contributed by atoms with van der Waals surface area (Å²) in [6, 6.07) is 0. The molecule has 0 saturated carbocycles. The first-order chi connectivity index (χ1) is 9.00. The fraction of sp³-hybridized carbons (Fsp3) is 0.933. The highest BCUT2D eigenvalue weighted by atomic mass is 16.5. The molecular weight excluding hydrogens is 242 g/mol. The van der Waals surface area contributed by atoms with Crippen LogP contribution in [0.4, 0.5) is 0 Å². The van der Waals surface area contributed by atoms with Crippen molar-refractivity contribution in [3.05, 3.63) is 0 Å². The maximum Gasteiger partial charge on any atom is 0.309 e. The van der Waals surface area contributed by atoms with Crippen LogP contribution in [0.5, 0.6) is 0 Å². The summed E-state index contributed by atoms with van der Waals surface area (Å²) in [7, 11) is 0. The van der Waals surface area contributed by atoms with Gasteiger partial charge in [0, 0.05) is 19.7 Å². The molecule has 0 radical (unpaired) electrons. The van der Waals surface area contributed by atoms with Gasteiger partial charge in [0.05, 0.1) is 11.5 Å². The van der Waals surface area contributed by atoms with E-state index in [1.165, 1.54) is 12.8 Å². The first kappa shape index (κ1) is 14.8. The molecule has 2 aliphatic rings. The van der Waals surface area contributed by atoms with E-state index in [2.05, 4.69) is 4.90 Å². The lowest BCUT2D eigenvalue weighted by atomic mass is 9.74. The van der Waals surface area contributed by atoms with Gasteiger partial charge in [-0.15, -0.1) is 0 Å². The van der Waals surface area contributed by atoms with Crippen LogP contribution < -0.4 is 0 Å². The molecule has 110 valence electrons. The van der Waals surface area contributed by atoms with Crippen LogP contribution in [0.25, 0.3) is 0 Å². The van der Waals surface area contributed by atoms with Gasteiger partial charge < -0.3 is 14.7 Å². The third-order valence-electron chi connectivity index (χ3n) is 4.87. The van der Waals surface area contributed by atoms with Crippen LogP contribution >= 0.6 is 0 Å². The summed E-state index contributed by atoms with van der Waals surface area (Å²) in [6.07, 6.45) is 6.08. The zero-order valence-corrected chi connectivity index (χ0v) is 12.2. The second-order valence-electron chi connectivity index (χ2n) is 6.59. The lowest BCUT2D eigenvalue weighted by Gasteiger charge is -2.39. The van der Waals surface area contributed by atoms with Crippen molar-refractivity contribution >= 4 is 5.97 Å². The molecule has 2 heterocycles. The van der Waals surface area contributed by atoms with Gasteiger partial charge in [0.2, 0.25) is 0 Å². The van der Waals surface area contributed by atoms with Gasteiger partial charge in [-0.1, -0.05) is 0 Å². The average Bonchev–Trinajstić information content (AvgIpc) is 2.89. The standard InChI is InChI=1S/C15H27NO3/c1-15(2,14(17)18)12-5-3-8-16(11-12)9-7-13-6-4-10-19-13/h12-13H,3-11H2,1-2H3,(H,17,18). The Labute approximate surface area is 116 Å². The largest absolute Gasteiger partial charge is 0.481 e. The number of hydrogen-bond donors (Lipinski definition) is 1. The topological polar surface area (TPSA) is 49.8 Å². The second-order valence-corrected chi connectivity index (χ2v) is 6.59. The van der Waals surface area contributed by atoms with E-state index in [0.717, 1.165) is 45.5 Å². The number of nitrogens with zero attached hydrogens (tertiary/aromatic N) is 1. The Morgan fingerprint density at radius 1 is 1.37 bits per heavy atom. The highest BCUT2D eigenvalue weighted by Gasteiger charge is 2.39.